The van der Waals surface area contributed by atoms with Crippen LogP contribution < -0.4 is 10.0 Å². The molecule has 3 rings (SSSR count). The minimum atomic E-state index is -3.61. The fraction of sp³-hybridized carbons (Fsp3) is 0.375. The number of benzene rings is 1. The molecule has 1 aromatic heterocycles. The van der Waals surface area contributed by atoms with E-state index in [0.29, 0.717) is 18.2 Å². The Hall–Kier alpha value is -2.39. The predicted octanol–water partition coefficient (Wildman–Crippen LogP) is 1.92. The van der Waals surface area contributed by atoms with Gasteiger partial charge in [-0.05, 0) is 37.1 Å². The highest BCUT2D eigenvalue weighted by Crippen LogP contribution is 2.38. The molecule has 0 spiro atoms. The molecule has 0 saturated heterocycles. The van der Waals surface area contributed by atoms with Crippen molar-refractivity contribution < 1.29 is 17.9 Å². The van der Waals surface area contributed by atoms with Gasteiger partial charge in [0.05, 0.1) is 12.0 Å². The van der Waals surface area contributed by atoms with Crippen LogP contribution in [-0.2, 0) is 21.3 Å². The highest BCUT2D eigenvalue weighted by molar-refractivity contribution is 7.89. The summed E-state index contributed by atoms with van der Waals surface area (Å²) in [5.74, 6) is 1.54. The van der Waals surface area contributed by atoms with Gasteiger partial charge in [0.25, 0.3) is 0 Å². The lowest BCUT2D eigenvalue weighted by Gasteiger charge is -2.10. The van der Waals surface area contributed by atoms with Crippen LogP contribution in [0.2, 0.25) is 0 Å². The SMILES string of the molecule is COC(=O)Nc1ccc(S(=O)(=O)NCCn2ccnc2C2CC2)cc1. The summed E-state index contributed by atoms with van der Waals surface area (Å²) in [6.45, 7) is 0.813. The molecule has 1 aliphatic rings. The number of aromatic nitrogens is 2. The van der Waals surface area contributed by atoms with Crippen LogP contribution in [0.4, 0.5) is 10.5 Å². The first-order valence-corrected chi connectivity index (χ1v) is 9.43. The van der Waals surface area contributed by atoms with Crippen molar-refractivity contribution in [3.63, 3.8) is 0 Å². The van der Waals surface area contributed by atoms with Crippen molar-refractivity contribution in [2.24, 2.45) is 0 Å². The van der Waals surface area contributed by atoms with Crippen molar-refractivity contribution in [3.05, 3.63) is 42.5 Å². The number of carbonyl (C=O) groups excluding carboxylic acids is 1. The Bertz CT molecular complexity index is 841. The zero-order valence-corrected chi connectivity index (χ0v) is 14.6. The Morgan fingerprint density at radius 1 is 1.32 bits per heavy atom. The van der Waals surface area contributed by atoms with E-state index in [-0.39, 0.29) is 11.4 Å². The molecule has 1 amide bonds. The number of amides is 1. The lowest BCUT2D eigenvalue weighted by Crippen LogP contribution is -2.27. The molecule has 0 radical (unpaired) electrons. The van der Waals surface area contributed by atoms with Gasteiger partial charge in [-0.3, -0.25) is 5.32 Å². The highest BCUT2D eigenvalue weighted by atomic mass is 32.2. The molecule has 0 atom stereocenters. The van der Waals surface area contributed by atoms with E-state index in [0.717, 1.165) is 18.7 Å². The molecule has 9 heteroatoms. The van der Waals surface area contributed by atoms with Crippen LogP contribution in [0.1, 0.15) is 24.6 Å². The van der Waals surface area contributed by atoms with Gasteiger partial charge >= 0.3 is 6.09 Å². The second-order valence-electron chi connectivity index (χ2n) is 5.79. The van der Waals surface area contributed by atoms with Crippen LogP contribution >= 0.6 is 0 Å². The number of carbonyl (C=O) groups is 1. The highest BCUT2D eigenvalue weighted by Gasteiger charge is 2.27. The van der Waals surface area contributed by atoms with Crippen LogP contribution in [0.3, 0.4) is 0 Å². The number of hydrogen-bond acceptors (Lipinski definition) is 5. The van der Waals surface area contributed by atoms with E-state index in [4.69, 9.17) is 0 Å². The third kappa shape index (κ3) is 4.37. The van der Waals surface area contributed by atoms with Crippen molar-refractivity contribution in [3.8, 4) is 0 Å². The Morgan fingerprint density at radius 2 is 2.04 bits per heavy atom. The summed E-state index contributed by atoms with van der Waals surface area (Å²) in [7, 11) is -2.35. The zero-order valence-electron chi connectivity index (χ0n) is 13.8. The minimum Gasteiger partial charge on any atom is -0.453 e. The van der Waals surface area contributed by atoms with Gasteiger partial charge in [0, 0.05) is 37.1 Å². The molecule has 1 aromatic carbocycles. The molecule has 1 fully saturated rings. The quantitative estimate of drug-likeness (QED) is 0.781. The molecule has 1 aliphatic carbocycles. The van der Waals surface area contributed by atoms with E-state index in [1.54, 1.807) is 6.20 Å². The van der Waals surface area contributed by atoms with Crippen molar-refractivity contribution in [2.75, 3.05) is 19.0 Å². The average Bonchev–Trinajstić information content (AvgIpc) is 3.34. The molecule has 0 bridgehead atoms. The third-order valence-corrected chi connectivity index (χ3v) is 5.41. The Balaban J connectivity index is 1.57. The van der Waals surface area contributed by atoms with Crippen LogP contribution in [0.25, 0.3) is 0 Å². The van der Waals surface area contributed by atoms with Gasteiger partial charge in [0.15, 0.2) is 0 Å². The number of ether oxygens (including phenoxy) is 1. The molecule has 0 aliphatic heterocycles. The average molecular weight is 364 g/mol. The number of imidazole rings is 1. The zero-order chi connectivity index (χ0) is 17.9. The summed E-state index contributed by atoms with van der Waals surface area (Å²) < 4.78 is 33.7. The maximum Gasteiger partial charge on any atom is 0.411 e. The lowest BCUT2D eigenvalue weighted by molar-refractivity contribution is 0.187. The topological polar surface area (TPSA) is 102 Å². The maximum absolute atomic E-state index is 12.3. The molecule has 134 valence electrons. The van der Waals surface area contributed by atoms with Crippen molar-refractivity contribution >= 4 is 21.8 Å². The number of sulfonamides is 1. The number of hydrogen-bond donors (Lipinski definition) is 2. The normalized spacial score (nSPS) is 14.3. The fourth-order valence-corrected chi connectivity index (χ4v) is 3.50. The van der Waals surface area contributed by atoms with E-state index in [1.165, 1.54) is 31.4 Å². The van der Waals surface area contributed by atoms with Gasteiger partial charge in [0.1, 0.15) is 5.82 Å². The summed E-state index contributed by atoms with van der Waals surface area (Å²) in [6.07, 6.45) is 5.30. The summed E-state index contributed by atoms with van der Waals surface area (Å²) in [6, 6.07) is 5.87. The first-order chi connectivity index (χ1) is 12.0. The second-order valence-corrected chi connectivity index (χ2v) is 7.56. The van der Waals surface area contributed by atoms with Gasteiger partial charge in [-0.25, -0.2) is 22.9 Å². The van der Waals surface area contributed by atoms with E-state index < -0.39 is 16.1 Å². The summed E-state index contributed by atoms with van der Waals surface area (Å²) in [5.41, 5.74) is 0.457. The van der Waals surface area contributed by atoms with Gasteiger partial charge in [0.2, 0.25) is 10.0 Å². The molecule has 2 N–H and O–H groups in total. The first-order valence-electron chi connectivity index (χ1n) is 7.95. The monoisotopic (exact) mass is 364 g/mol. The Morgan fingerprint density at radius 3 is 2.68 bits per heavy atom. The van der Waals surface area contributed by atoms with Crippen molar-refractivity contribution in [1.82, 2.24) is 14.3 Å². The van der Waals surface area contributed by atoms with E-state index >= 15 is 0 Å². The molecule has 1 saturated carbocycles. The molecule has 8 nitrogen and oxygen atoms in total. The van der Waals surface area contributed by atoms with Crippen molar-refractivity contribution in [2.45, 2.75) is 30.2 Å². The van der Waals surface area contributed by atoms with Gasteiger partial charge < -0.3 is 9.30 Å². The second kappa shape index (κ2) is 7.24. The third-order valence-electron chi connectivity index (χ3n) is 3.93. The van der Waals surface area contributed by atoms with Crippen LogP contribution in [0, 0.1) is 0 Å². The number of nitrogens with one attached hydrogen (secondary N) is 2. The molecular weight excluding hydrogens is 344 g/mol. The summed E-state index contributed by atoms with van der Waals surface area (Å²) in [5, 5.41) is 2.47. The molecule has 25 heavy (non-hydrogen) atoms. The van der Waals surface area contributed by atoms with E-state index in [2.05, 4.69) is 19.8 Å². The van der Waals surface area contributed by atoms with Gasteiger partial charge in [-0.15, -0.1) is 0 Å². The number of nitrogens with zero attached hydrogens (tertiary/aromatic N) is 2. The molecule has 2 aromatic rings. The van der Waals surface area contributed by atoms with E-state index in [1.807, 2.05) is 10.8 Å². The van der Waals surface area contributed by atoms with Crippen LogP contribution in [-0.4, -0.2) is 37.7 Å². The fourth-order valence-electron chi connectivity index (χ4n) is 2.48. The van der Waals surface area contributed by atoms with Crippen LogP contribution in [0.5, 0.6) is 0 Å². The van der Waals surface area contributed by atoms with E-state index in [9.17, 15) is 13.2 Å². The van der Waals surface area contributed by atoms with Gasteiger partial charge in [-0.2, -0.15) is 0 Å². The maximum atomic E-state index is 12.3. The van der Waals surface area contributed by atoms with Crippen LogP contribution in [0.15, 0.2) is 41.6 Å². The molecule has 0 unspecified atom stereocenters. The smallest absolute Gasteiger partial charge is 0.411 e. The summed E-state index contributed by atoms with van der Waals surface area (Å²) in [4.78, 5) is 15.6. The number of rotatable bonds is 7. The lowest BCUT2D eigenvalue weighted by atomic mass is 10.3. The number of anilines is 1. The van der Waals surface area contributed by atoms with Crippen molar-refractivity contribution in [1.29, 1.82) is 0 Å². The molecule has 1 heterocycles. The summed E-state index contributed by atoms with van der Waals surface area (Å²) >= 11 is 0. The largest absolute Gasteiger partial charge is 0.453 e. The predicted molar refractivity (Wildman–Crippen MR) is 91.9 cm³/mol. The van der Waals surface area contributed by atoms with Gasteiger partial charge in [-0.1, -0.05) is 0 Å². The Labute approximate surface area is 146 Å². The standard InChI is InChI=1S/C16H20N4O4S/c1-24-16(21)19-13-4-6-14(7-5-13)25(22,23)18-9-11-20-10-8-17-15(20)12-2-3-12/h4-8,10,12,18H,2-3,9,11H2,1H3,(H,19,21). The first kappa shape index (κ1) is 17.4. The number of methoxy groups -OCH3 is 1. The molecular formula is C16H20N4O4S. The Kier molecular flexibility index (Phi) is 5.05. The minimum absolute atomic E-state index is 0.135.